The van der Waals surface area contributed by atoms with Crippen molar-refractivity contribution in [2.75, 3.05) is 5.75 Å². The van der Waals surface area contributed by atoms with E-state index in [9.17, 15) is 4.79 Å². The Bertz CT molecular complexity index is 558. The monoisotopic (exact) mass is 364 g/mol. The number of ketones is 1. The lowest BCUT2D eigenvalue weighted by Crippen LogP contribution is -2.50. The van der Waals surface area contributed by atoms with Crippen molar-refractivity contribution in [3.63, 3.8) is 0 Å². The average molecular weight is 365 g/mol. The van der Waals surface area contributed by atoms with Crippen LogP contribution in [0.15, 0.2) is 30.3 Å². The maximum atomic E-state index is 12.7. The Labute approximate surface area is 154 Å². The Morgan fingerprint density at radius 2 is 2.04 bits per heavy atom. The zero-order valence-corrected chi connectivity index (χ0v) is 16.5. The maximum Gasteiger partial charge on any atom is 0.181 e. The zero-order valence-electron chi connectivity index (χ0n) is 14.9. The highest BCUT2D eigenvalue weighted by molar-refractivity contribution is 8.02. The largest absolute Gasteiger partial charge is 0.356 e. The highest BCUT2D eigenvalue weighted by Gasteiger charge is 2.47. The summed E-state index contributed by atoms with van der Waals surface area (Å²) in [6.07, 6.45) is 3.89. The summed E-state index contributed by atoms with van der Waals surface area (Å²) >= 11 is 3.44. The Kier molecular flexibility index (Phi) is 5.99. The number of rotatable bonds is 5. The van der Waals surface area contributed by atoms with Crippen LogP contribution < -0.4 is 0 Å². The second-order valence-electron chi connectivity index (χ2n) is 7.70. The van der Waals surface area contributed by atoms with Gasteiger partial charge in [-0.25, -0.2) is 0 Å². The van der Waals surface area contributed by atoms with E-state index < -0.39 is 0 Å². The SMILES string of the molecule is C[C@@H]1CC[C@H]2[C@@H](C1)O[C@H](C(=O)CSCc1ccccc1)SC2(C)C. The first kappa shape index (κ1) is 18.3. The van der Waals surface area contributed by atoms with Gasteiger partial charge in [0.25, 0.3) is 0 Å². The van der Waals surface area contributed by atoms with Gasteiger partial charge in [-0.2, -0.15) is 0 Å². The Balaban J connectivity index is 1.55. The van der Waals surface area contributed by atoms with Crippen molar-refractivity contribution in [2.24, 2.45) is 11.8 Å². The molecule has 2 fully saturated rings. The molecule has 0 radical (unpaired) electrons. The second-order valence-corrected chi connectivity index (χ2v) is 10.4. The molecule has 132 valence electrons. The molecule has 1 heterocycles. The highest BCUT2D eigenvalue weighted by atomic mass is 32.2. The van der Waals surface area contributed by atoms with E-state index in [1.807, 2.05) is 18.2 Å². The van der Waals surface area contributed by atoms with E-state index in [0.717, 1.165) is 12.2 Å². The van der Waals surface area contributed by atoms with E-state index >= 15 is 0 Å². The number of thioether (sulfide) groups is 2. The first-order valence-electron chi connectivity index (χ1n) is 8.93. The van der Waals surface area contributed by atoms with Crippen LogP contribution in [0.25, 0.3) is 0 Å². The first-order chi connectivity index (χ1) is 11.5. The van der Waals surface area contributed by atoms with Gasteiger partial charge in [-0.05, 0) is 30.2 Å². The number of benzene rings is 1. The molecule has 24 heavy (non-hydrogen) atoms. The van der Waals surface area contributed by atoms with E-state index in [4.69, 9.17) is 4.74 Å². The van der Waals surface area contributed by atoms with Crippen LogP contribution in [0.4, 0.5) is 0 Å². The molecule has 1 aromatic rings. The smallest absolute Gasteiger partial charge is 0.181 e. The van der Waals surface area contributed by atoms with Crippen LogP contribution in [0.5, 0.6) is 0 Å². The lowest BCUT2D eigenvalue weighted by molar-refractivity contribution is -0.131. The fourth-order valence-electron chi connectivity index (χ4n) is 3.88. The highest BCUT2D eigenvalue weighted by Crippen LogP contribution is 2.50. The summed E-state index contributed by atoms with van der Waals surface area (Å²) < 4.78 is 6.39. The molecule has 1 saturated carbocycles. The summed E-state index contributed by atoms with van der Waals surface area (Å²) in [6, 6.07) is 10.3. The fraction of sp³-hybridized carbons (Fsp3) is 0.650. The summed E-state index contributed by atoms with van der Waals surface area (Å²) in [4.78, 5) is 12.7. The zero-order chi connectivity index (χ0) is 17.2. The van der Waals surface area contributed by atoms with Crippen LogP contribution in [-0.2, 0) is 15.3 Å². The van der Waals surface area contributed by atoms with Gasteiger partial charge in [0.05, 0.1) is 11.9 Å². The first-order valence-corrected chi connectivity index (χ1v) is 11.0. The molecule has 4 heteroatoms. The van der Waals surface area contributed by atoms with E-state index in [2.05, 4.69) is 32.9 Å². The number of carbonyl (C=O) groups is 1. The van der Waals surface area contributed by atoms with Crippen molar-refractivity contribution in [1.29, 1.82) is 0 Å². The van der Waals surface area contributed by atoms with Gasteiger partial charge in [0, 0.05) is 10.5 Å². The van der Waals surface area contributed by atoms with Crippen molar-refractivity contribution >= 4 is 29.3 Å². The number of carbonyl (C=O) groups excluding carboxylic acids is 1. The topological polar surface area (TPSA) is 26.3 Å². The third-order valence-corrected chi connectivity index (χ3v) is 7.80. The van der Waals surface area contributed by atoms with Gasteiger partial charge in [0.1, 0.15) is 0 Å². The minimum absolute atomic E-state index is 0.132. The number of hydrogen-bond acceptors (Lipinski definition) is 4. The van der Waals surface area contributed by atoms with Crippen LogP contribution in [0.1, 0.15) is 45.6 Å². The Morgan fingerprint density at radius 3 is 2.79 bits per heavy atom. The number of fused-ring (bicyclic) bond motifs is 1. The molecule has 0 amide bonds. The minimum atomic E-state index is -0.283. The van der Waals surface area contributed by atoms with Gasteiger partial charge in [0.2, 0.25) is 0 Å². The van der Waals surface area contributed by atoms with Gasteiger partial charge in [-0.15, -0.1) is 23.5 Å². The third-order valence-electron chi connectivity index (χ3n) is 5.27. The van der Waals surface area contributed by atoms with Crippen LogP contribution in [0, 0.1) is 11.8 Å². The molecule has 0 spiro atoms. The molecular weight excluding hydrogens is 336 g/mol. The van der Waals surface area contributed by atoms with E-state index in [0.29, 0.717) is 17.6 Å². The summed E-state index contributed by atoms with van der Waals surface area (Å²) in [6.45, 7) is 6.90. The predicted octanol–water partition coefficient (Wildman–Crippen LogP) is 5.16. The van der Waals surface area contributed by atoms with E-state index in [1.165, 1.54) is 18.4 Å². The summed E-state index contributed by atoms with van der Waals surface area (Å²) in [5, 5.41) is 0. The Hall–Kier alpha value is -0.450. The van der Waals surface area contributed by atoms with Gasteiger partial charge in [-0.1, -0.05) is 57.5 Å². The molecule has 4 atom stereocenters. The van der Waals surface area contributed by atoms with Gasteiger partial charge >= 0.3 is 0 Å². The summed E-state index contributed by atoms with van der Waals surface area (Å²) in [5.74, 6) is 2.96. The van der Waals surface area contributed by atoms with E-state index in [-0.39, 0.29) is 22.1 Å². The lowest BCUT2D eigenvalue weighted by atomic mass is 9.75. The van der Waals surface area contributed by atoms with E-state index in [1.54, 1.807) is 23.5 Å². The maximum absolute atomic E-state index is 12.7. The standard InChI is InChI=1S/C20H28O2S2/c1-14-9-10-16-18(11-14)22-19(24-20(16,2)3)17(21)13-23-12-15-7-5-4-6-8-15/h4-8,14,16,18-19H,9-13H2,1-3H3/t14-,16+,18-,19+/m1/s1. The van der Waals surface area contributed by atoms with Gasteiger partial charge < -0.3 is 4.74 Å². The van der Waals surface area contributed by atoms with Crippen molar-refractivity contribution in [1.82, 2.24) is 0 Å². The molecule has 2 aliphatic rings. The number of hydrogen-bond donors (Lipinski definition) is 0. The number of ether oxygens (including phenoxy) is 1. The number of Topliss-reactive ketones (excluding diaryl/α,β-unsaturated/α-hetero) is 1. The molecule has 2 nitrogen and oxygen atoms in total. The molecule has 1 aromatic carbocycles. The van der Waals surface area contributed by atoms with Crippen molar-refractivity contribution in [3.8, 4) is 0 Å². The molecule has 1 aliphatic carbocycles. The molecule has 1 saturated heterocycles. The molecule has 0 bridgehead atoms. The minimum Gasteiger partial charge on any atom is -0.356 e. The fourth-order valence-corrected chi connectivity index (χ4v) is 6.27. The van der Waals surface area contributed by atoms with Gasteiger partial charge in [-0.3, -0.25) is 4.79 Å². The van der Waals surface area contributed by atoms with Crippen LogP contribution in [-0.4, -0.2) is 27.8 Å². The molecule has 3 rings (SSSR count). The van der Waals surface area contributed by atoms with Crippen molar-refractivity contribution < 1.29 is 9.53 Å². The molecule has 0 N–H and O–H groups in total. The van der Waals surface area contributed by atoms with Crippen molar-refractivity contribution in [3.05, 3.63) is 35.9 Å². The van der Waals surface area contributed by atoms with Crippen LogP contribution in [0.3, 0.4) is 0 Å². The molecule has 1 aliphatic heterocycles. The summed E-state index contributed by atoms with van der Waals surface area (Å²) in [5.41, 5.74) is 0.990. The van der Waals surface area contributed by atoms with Crippen molar-refractivity contribution in [2.45, 2.75) is 62.1 Å². The summed E-state index contributed by atoms with van der Waals surface area (Å²) in [7, 11) is 0. The predicted molar refractivity (Wildman–Crippen MR) is 104 cm³/mol. The Morgan fingerprint density at radius 1 is 1.29 bits per heavy atom. The molecular formula is C20H28O2S2. The average Bonchev–Trinajstić information content (AvgIpc) is 2.54. The second kappa shape index (κ2) is 7.84. The lowest BCUT2D eigenvalue weighted by Gasteiger charge is -2.49. The van der Waals surface area contributed by atoms with Crippen LogP contribution >= 0.6 is 23.5 Å². The molecule has 0 aromatic heterocycles. The normalized spacial score (nSPS) is 32.1. The third kappa shape index (κ3) is 4.39. The van der Waals surface area contributed by atoms with Gasteiger partial charge in [0.15, 0.2) is 11.2 Å². The quantitative estimate of drug-likeness (QED) is 0.721. The van der Waals surface area contributed by atoms with Crippen LogP contribution in [0.2, 0.25) is 0 Å². The molecule has 0 unspecified atom stereocenters.